The van der Waals surface area contributed by atoms with Gasteiger partial charge in [-0.1, -0.05) is 31.4 Å². The second kappa shape index (κ2) is 9.27. The van der Waals surface area contributed by atoms with Crippen LogP contribution in [0.1, 0.15) is 20.8 Å². The van der Waals surface area contributed by atoms with Gasteiger partial charge in [-0.25, -0.2) is 4.79 Å². The highest BCUT2D eigenvalue weighted by Crippen LogP contribution is 2.08. The van der Waals surface area contributed by atoms with Crippen LogP contribution in [0.25, 0.3) is 0 Å². The van der Waals surface area contributed by atoms with E-state index in [9.17, 15) is 9.59 Å². The monoisotopic (exact) mass is 335 g/mol. The van der Waals surface area contributed by atoms with Gasteiger partial charge < -0.3 is 15.0 Å². The summed E-state index contributed by atoms with van der Waals surface area (Å²) in [6.45, 7) is 16.5. The zero-order chi connectivity index (χ0) is 18.2. The van der Waals surface area contributed by atoms with Crippen molar-refractivity contribution >= 4 is 12.0 Å². The van der Waals surface area contributed by atoms with Gasteiger partial charge >= 0.3 is 6.09 Å². The molecule has 0 spiro atoms. The third kappa shape index (κ3) is 7.46. The first kappa shape index (κ1) is 20.0. The summed E-state index contributed by atoms with van der Waals surface area (Å²) in [5.41, 5.74) is 0.539. The fraction of sp³-hybridized carbons (Fsp3) is 0.556. The highest BCUT2D eigenvalue weighted by atomic mass is 16.6. The molecule has 0 saturated carbocycles. The Morgan fingerprint density at radius 3 is 2.29 bits per heavy atom. The SMILES string of the molecule is C=C/C=C(\C=C)CN1CCN(C(=O)CNC(=O)OC(C)(C)C)CC1. The number of carbonyl (C=O) groups is 2. The minimum absolute atomic E-state index is 0.0385. The molecule has 1 saturated heterocycles. The predicted octanol–water partition coefficient (Wildman–Crippen LogP) is 1.95. The van der Waals surface area contributed by atoms with Crippen LogP contribution in [0.5, 0.6) is 0 Å². The number of rotatable bonds is 6. The van der Waals surface area contributed by atoms with Gasteiger partial charge in [-0.05, 0) is 26.3 Å². The zero-order valence-electron chi connectivity index (χ0n) is 15.0. The van der Waals surface area contributed by atoms with Gasteiger partial charge in [-0.3, -0.25) is 9.69 Å². The molecule has 0 radical (unpaired) electrons. The Balaban J connectivity index is 2.35. The highest BCUT2D eigenvalue weighted by molar-refractivity contribution is 5.82. The molecule has 1 aliphatic rings. The first-order valence-electron chi connectivity index (χ1n) is 8.16. The summed E-state index contributed by atoms with van der Waals surface area (Å²) in [5, 5.41) is 2.51. The molecule has 0 aromatic carbocycles. The number of alkyl carbamates (subject to hydrolysis) is 1. The van der Waals surface area contributed by atoms with Crippen molar-refractivity contribution in [2.45, 2.75) is 26.4 Å². The summed E-state index contributed by atoms with van der Waals surface area (Å²) in [7, 11) is 0. The quantitative estimate of drug-likeness (QED) is 0.754. The molecule has 0 aliphatic carbocycles. The van der Waals surface area contributed by atoms with Crippen LogP contribution in [0.15, 0.2) is 37.0 Å². The lowest BCUT2D eigenvalue weighted by molar-refractivity contribution is -0.131. The molecule has 1 heterocycles. The number of hydrogen-bond donors (Lipinski definition) is 1. The smallest absolute Gasteiger partial charge is 0.408 e. The van der Waals surface area contributed by atoms with Gasteiger partial charge in [0.15, 0.2) is 0 Å². The van der Waals surface area contributed by atoms with Crippen LogP contribution in [0.2, 0.25) is 0 Å². The Kier molecular flexibility index (Phi) is 7.71. The molecule has 1 rings (SSSR count). The van der Waals surface area contributed by atoms with E-state index in [2.05, 4.69) is 23.4 Å². The van der Waals surface area contributed by atoms with E-state index >= 15 is 0 Å². The molecule has 1 fully saturated rings. The maximum absolute atomic E-state index is 12.2. The van der Waals surface area contributed by atoms with Gasteiger partial charge in [0.25, 0.3) is 0 Å². The summed E-state index contributed by atoms with van der Waals surface area (Å²) in [5.74, 6) is -0.0916. The second-order valence-corrected chi connectivity index (χ2v) is 6.69. The largest absolute Gasteiger partial charge is 0.444 e. The third-order valence-electron chi connectivity index (χ3n) is 3.51. The molecule has 6 heteroatoms. The van der Waals surface area contributed by atoms with Crippen molar-refractivity contribution in [1.82, 2.24) is 15.1 Å². The second-order valence-electron chi connectivity index (χ2n) is 6.69. The van der Waals surface area contributed by atoms with Gasteiger partial charge in [0.2, 0.25) is 5.91 Å². The lowest BCUT2D eigenvalue weighted by atomic mass is 10.2. The summed E-state index contributed by atoms with van der Waals surface area (Å²) in [6, 6.07) is 0. The maximum Gasteiger partial charge on any atom is 0.408 e. The number of piperazine rings is 1. The molecule has 0 bridgehead atoms. The van der Waals surface area contributed by atoms with E-state index in [-0.39, 0.29) is 12.5 Å². The molecule has 0 atom stereocenters. The van der Waals surface area contributed by atoms with Crippen molar-refractivity contribution in [3.05, 3.63) is 37.0 Å². The Morgan fingerprint density at radius 2 is 1.79 bits per heavy atom. The molecule has 1 N–H and O–H groups in total. The van der Waals surface area contributed by atoms with Crippen LogP contribution in [0.3, 0.4) is 0 Å². The predicted molar refractivity (Wildman–Crippen MR) is 95.7 cm³/mol. The van der Waals surface area contributed by atoms with Gasteiger partial charge in [-0.15, -0.1) is 0 Å². The molecule has 1 aliphatic heterocycles. The fourth-order valence-corrected chi connectivity index (χ4v) is 2.32. The molecular weight excluding hydrogens is 306 g/mol. The Morgan fingerprint density at radius 1 is 1.17 bits per heavy atom. The van der Waals surface area contributed by atoms with Gasteiger partial charge in [-0.2, -0.15) is 0 Å². The topological polar surface area (TPSA) is 61.9 Å². The van der Waals surface area contributed by atoms with E-state index in [0.717, 1.165) is 25.2 Å². The van der Waals surface area contributed by atoms with E-state index < -0.39 is 11.7 Å². The number of allylic oxidation sites excluding steroid dienone is 2. The van der Waals surface area contributed by atoms with E-state index in [0.29, 0.717) is 13.1 Å². The molecule has 0 unspecified atom stereocenters. The minimum Gasteiger partial charge on any atom is -0.444 e. The van der Waals surface area contributed by atoms with Crippen LogP contribution >= 0.6 is 0 Å². The number of nitrogens with one attached hydrogen (secondary N) is 1. The molecule has 0 aromatic heterocycles. The third-order valence-corrected chi connectivity index (χ3v) is 3.51. The normalized spacial score (nSPS) is 16.5. The first-order chi connectivity index (χ1) is 11.2. The average Bonchev–Trinajstić information content (AvgIpc) is 2.51. The van der Waals surface area contributed by atoms with Gasteiger partial charge in [0, 0.05) is 32.7 Å². The summed E-state index contributed by atoms with van der Waals surface area (Å²) < 4.78 is 5.12. The molecule has 134 valence electrons. The van der Waals surface area contributed by atoms with Gasteiger partial charge in [0.05, 0.1) is 0 Å². The molecule has 6 nitrogen and oxygen atoms in total. The Labute approximate surface area is 144 Å². The van der Waals surface area contributed by atoms with E-state index in [1.807, 2.05) is 12.2 Å². The number of hydrogen-bond acceptors (Lipinski definition) is 4. The molecule has 24 heavy (non-hydrogen) atoms. The number of amides is 2. The Hall–Kier alpha value is -2.08. The van der Waals surface area contributed by atoms with Crippen molar-refractivity contribution in [3.8, 4) is 0 Å². The van der Waals surface area contributed by atoms with Crippen LogP contribution in [0, 0.1) is 0 Å². The number of nitrogens with zero attached hydrogens (tertiary/aromatic N) is 2. The minimum atomic E-state index is -0.570. The number of carbonyl (C=O) groups excluding carboxylic acids is 2. The van der Waals surface area contributed by atoms with E-state index in [1.54, 1.807) is 31.7 Å². The van der Waals surface area contributed by atoms with Crippen LogP contribution in [-0.4, -0.2) is 66.7 Å². The van der Waals surface area contributed by atoms with E-state index in [4.69, 9.17) is 4.74 Å². The Bertz CT molecular complexity index is 498. The van der Waals surface area contributed by atoms with Gasteiger partial charge in [0.1, 0.15) is 12.1 Å². The number of ether oxygens (including phenoxy) is 1. The lowest BCUT2D eigenvalue weighted by Crippen LogP contribution is -2.51. The molecule has 0 aromatic rings. The highest BCUT2D eigenvalue weighted by Gasteiger charge is 2.22. The zero-order valence-corrected chi connectivity index (χ0v) is 15.0. The average molecular weight is 335 g/mol. The van der Waals surface area contributed by atoms with Crippen LogP contribution in [-0.2, 0) is 9.53 Å². The molecule has 2 amide bonds. The van der Waals surface area contributed by atoms with Crippen molar-refractivity contribution in [1.29, 1.82) is 0 Å². The standard InChI is InChI=1S/C18H29N3O3/c1-6-8-15(7-2)14-20-9-11-21(12-10-20)16(22)13-19-17(23)24-18(3,4)5/h6-8H,1-2,9-14H2,3-5H3,(H,19,23)/b15-8+. The van der Waals surface area contributed by atoms with Crippen molar-refractivity contribution in [3.63, 3.8) is 0 Å². The van der Waals surface area contributed by atoms with E-state index in [1.165, 1.54) is 0 Å². The lowest BCUT2D eigenvalue weighted by Gasteiger charge is -2.35. The maximum atomic E-state index is 12.2. The van der Waals surface area contributed by atoms with Crippen LogP contribution in [0.4, 0.5) is 4.79 Å². The fourth-order valence-electron chi connectivity index (χ4n) is 2.32. The summed E-state index contributed by atoms with van der Waals surface area (Å²) in [4.78, 5) is 27.8. The van der Waals surface area contributed by atoms with Crippen LogP contribution < -0.4 is 5.32 Å². The van der Waals surface area contributed by atoms with Crippen molar-refractivity contribution in [2.75, 3.05) is 39.3 Å². The first-order valence-corrected chi connectivity index (χ1v) is 8.16. The summed E-state index contributed by atoms with van der Waals surface area (Å²) >= 11 is 0. The van der Waals surface area contributed by atoms with Crippen molar-refractivity contribution < 1.29 is 14.3 Å². The van der Waals surface area contributed by atoms with Crippen molar-refractivity contribution in [2.24, 2.45) is 0 Å². The summed E-state index contributed by atoms with van der Waals surface area (Å²) in [6.07, 6.45) is 4.94. The molecular formula is C18H29N3O3.